The number of nitrogens with one attached hydrogen (secondary N) is 2. The molecule has 0 aliphatic carbocycles. The summed E-state index contributed by atoms with van der Waals surface area (Å²) in [5, 5.41) is 17.3. The normalized spacial score (nSPS) is 21.5. The molecule has 2 amide bonds. The highest BCUT2D eigenvalue weighted by Crippen LogP contribution is 2.30. The first-order valence-electron chi connectivity index (χ1n) is 15.5. The maximum atomic E-state index is 14.0. The van der Waals surface area contributed by atoms with Crippen molar-refractivity contribution in [3.63, 3.8) is 0 Å². The van der Waals surface area contributed by atoms with Gasteiger partial charge in [0.15, 0.2) is 0 Å². The largest absolute Gasteiger partial charge is 0.379 e. The van der Waals surface area contributed by atoms with Crippen LogP contribution in [-0.4, -0.2) is 114 Å². The minimum absolute atomic E-state index is 0.0533. The zero-order valence-corrected chi connectivity index (χ0v) is 30.0. The molecule has 1 fully saturated rings. The van der Waals surface area contributed by atoms with E-state index >= 15 is 0 Å². The van der Waals surface area contributed by atoms with Gasteiger partial charge in [-0.15, -0.1) is 0 Å². The van der Waals surface area contributed by atoms with Crippen molar-refractivity contribution in [2.45, 2.75) is 117 Å². The van der Waals surface area contributed by atoms with Gasteiger partial charge in [-0.2, -0.15) is 0 Å². The second kappa shape index (κ2) is 18.8. The van der Waals surface area contributed by atoms with E-state index in [0.29, 0.717) is 11.0 Å². The lowest BCUT2D eigenvalue weighted by Gasteiger charge is -2.41. The number of likely N-dealkylation sites (N-methyl/N-ethyl adjacent to an activating group) is 2. The Morgan fingerprint density at radius 1 is 1.07 bits per heavy atom. The Labute approximate surface area is 268 Å². The molecule has 0 saturated carbocycles. The van der Waals surface area contributed by atoms with Crippen LogP contribution in [-0.2, 0) is 23.9 Å². The summed E-state index contributed by atoms with van der Waals surface area (Å²) in [6.07, 6.45) is 0.720. The molecule has 0 aromatic carbocycles. The van der Waals surface area contributed by atoms with E-state index in [1.807, 2.05) is 39.5 Å². The lowest BCUT2D eigenvalue weighted by Crippen LogP contribution is -2.61. The number of halogens is 1. The van der Waals surface area contributed by atoms with Crippen molar-refractivity contribution in [2.75, 3.05) is 39.3 Å². The van der Waals surface area contributed by atoms with Crippen LogP contribution in [0.15, 0.2) is 0 Å². The summed E-state index contributed by atoms with van der Waals surface area (Å²) in [5.41, 5.74) is 0. The third kappa shape index (κ3) is 10.1. The number of ketones is 1. The smallest absolute Gasteiger partial charge is 0.240 e. The predicted molar refractivity (Wildman–Crippen MR) is 175 cm³/mol. The van der Waals surface area contributed by atoms with Crippen LogP contribution in [0.1, 0.15) is 74.1 Å². The zero-order chi connectivity index (χ0) is 32.3. The SMILES string of the molecule is CC[C@H](C)C([C@@H](CC(=O)N1CCC[C@H]1[C@H](OC)[C@@H](C)C(=O)CI)OC)N(C)C(=O)[C@@H](NC(O)[C@@H](NC)C(C)C)C(C)C. The number of ether oxygens (including phenoxy) is 2. The number of rotatable bonds is 19. The second-order valence-corrected chi connectivity index (χ2v) is 13.3. The molecule has 10 nitrogen and oxygen atoms in total. The summed E-state index contributed by atoms with van der Waals surface area (Å²) in [6, 6.07) is -1.39. The molecule has 9 atom stereocenters. The molecule has 11 heteroatoms. The van der Waals surface area contributed by atoms with Gasteiger partial charge in [-0.1, -0.05) is 77.5 Å². The molecule has 1 rings (SSSR count). The summed E-state index contributed by atoms with van der Waals surface area (Å²) < 4.78 is 12.2. The Kier molecular flexibility index (Phi) is 17.6. The number of hydrogen-bond acceptors (Lipinski definition) is 8. The van der Waals surface area contributed by atoms with Crippen molar-refractivity contribution >= 4 is 40.2 Å². The van der Waals surface area contributed by atoms with Crippen LogP contribution in [0.25, 0.3) is 0 Å². The number of carbonyl (C=O) groups excluding carboxylic acids is 3. The molecular formula is C31H59IN4O6. The van der Waals surface area contributed by atoms with Gasteiger partial charge in [-0.05, 0) is 37.6 Å². The monoisotopic (exact) mass is 710 g/mol. The number of carbonyl (C=O) groups is 3. The van der Waals surface area contributed by atoms with Crippen LogP contribution in [0.3, 0.4) is 0 Å². The Balaban J connectivity index is 3.23. The van der Waals surface area contributed by atoms with Crippen molar-refractivity contribution in [2.24, 2.45) is 23.7 Å². The van der Waals surface area contributed by atoms with Crippen LogP contribution in [0, 0.1) is 23.7 Å². The van der Waals surface area contributed by atoms with Crippen molar-refractivity contribution in [3.05, 3.63) is 0 Å². The van der Waals surface area contributed by atoms with Gasteiger partial charge in [0.05, 0.1) is 41.2 Å². The zero-order valence-electron chi connectivity index (χ0n) is 27.9. The quantitative estimate of drug-likeness (QED) is 0.106. The van der Waals surface area contributed by atoms with Crippen molar-refractivity contribution in [1.29, 1.82) is 0 Å². The molecule has 2 unspecified atom stereocenters. The average Bonchev–Trinajstić information content (AvgIpc) is 3.44. The van der Waals surface area contributed by atoms with Crippen LogP contribution in [0.4, 0.5) is 0 Å². The van der Waals surface area contributed by atoms with E-state index in [9.17, 15) is 19.5 Å². The maximum absolute atomic E-state index is 14.0. The summed E-state index contributed by atoms with van der Waals surface area (Å²) in [4.78, 5) is 43.9. The molecule has 1 saturated heterocycles. The van der Waals surface area contributed by atoms with Crippen molar-refractivity contribution in [1.82, 2.24) is 20.4 Å². The molecule has 0 spiro atoms. The van der Waals surface area contributed by atoms with Gasteiger partial charge in [0.2, 0.25) is 11.8 Å². The molecule has 246 valence electrons. The molecule has 1 aliphatic heterocycles. The summed E-state index contributed by atoms with van der Waals surface area (Å²) in [7, 11) is 6.77. The van der Waals surface area contributed by atoms with E-state index in [0.717, 1.165) is 19.3 Å². The van der Waals surface area contributed by atoms with Crippen LogP contribution in [0.2, 0.25) is 0 Å². The van der Waals surface area contributed by atoms with Gasteiger partial charge in [0.1, 0.15) is 12.0 Å². The van der Waals surface area contributed by atoms with Crippen molar-refractivity contribution < 1.29 is 29.0 Å². The number of aliphatic hydroxyl groups excluding tert-OH is 1. The van der Waals surface area contributed by atoms with E-state index in [1.165, 1.54) is 0 Å². The van der Waals surface area contributed by atoms with E-state index in [-0.39, 0.29) is 71.9 Å². The number of hydrogen-bond donors (Lipinski definition) is 3. The number of aliphatic hydroxyl groups is 1. The molecule has 0 aromatic heterocycles. The van der Waals surface area contributed by atoms with E-state index < -0.39 is 18.4 Å². The fourth-order valence-electron chi connectivity index (χ4n) is 6.37. The minimum Gasteiger partial charge on any atom is -0.379 e. The first-order chi connectivity index (χ1) is 19.7. The van der Waals surface area contributed by atoms with Gasteiger partial charge in [-0.25, -0.2) is 0 Å². The number of amides is 2. The Hall–Kier alpha value is -0.860. The molecule has 3 N–H and O–H groups in total. The molecule has 1 aliphatic rings. The number of likely N-dealkylation sites (tertiary alicyclic amines) is 1. The Morgan fingerprint density at radius 3 is 2.14 bits per heavy atom. The topological polar surface area (TPSA) is 120 Å². The second-order valence-electron chi connectivity index (χ2n) is 12.6. The standard InChI is InChI=1S/C31H59IN4O6/c1-12-20(6)28(35(9)31(40)27(19(4)5)34-30(39)26(33-8)18(2)3)24(41-10)16-25(38)36-15-13-14-22(36)29(42-11)21(7)23(37)17-32/h18-22,24,26-30,33-34,39H,12-17H2,1-11H3/t20-,21-,22-,24+,26-,27-,28?,29+,30?/m0/s1. The highest BCUT2D eigenvalue weighted by molar-refractivity contribution is 14.1. The molecule has 42 heavy (non-hydrogen) atoms. The number of alkyl halides is 1. The Bertz CT molecular complexity index is 846. The lowest BCUT2D eigenvalue weighted by atomic mass is 9.89. The van der Waals surface area contributed by atoms with Crippen molar-refractivity contribution in [3.8, 4) is 0 Å². The van der Waals surface area contributed by atoms with Crippen LogP contribution in [0.5, 0.6) is 0 Å². The van der Waals surface area contributed by atoms with Gasteiger partial charge < -0.3 is 29.7 Å². The van der Waals surface area contributed by atoms with E-state index in [4.69, 9.17) is 9.47 Å². The highest BCUT2D eigenvalue weighted by atomic mass is 127. The average molecular weight is 711 g/mol. The van der Waals surface area contributed by atoms with E-state index in [1.54, 1.807) is 33.2 Å². The summed E-state index contributed by atoms with van der Waals surface area (Å²) >= 11 is 2.08. The Morgan fingerprint density at radius 2 is 1.69 bits per heavy atom. The van der Waals surface area contributed by atoms with Gasteiger partial charge in [-0.3, -0.25) is 19.7 Å². The third-order valence-corrected chi connectivity index (χ3v) is 9.91. The fraction of sp³-hybridized carbons (Fsp3) is 0.903. The number of methoxy groups -OCH3 is 2. The maximum Gasteiger partial charge on any atom is 0.240 e. The minimum atomic E-state index is -0.913. The third-order valence-electron chi connectivity index (χ3n) is 9.16. The molecule has 0 aromatic rings. The molecule has 0 bridgehead atoms. The molecule has 1 heterocycles. The van der Waals surface area contributed by atoms with Gasteiger partial charge >= 0.3 is 0 Å². The fourth-order valence-corrected chi connectivity index (χ4v) is 7.07. The predicted octanol–water partition coefficient (Wildman–Crippen LogP) is 3.09. The number of nitrogens with zero attached hydrogens (tertiary/aromatic N) is 2. The van der Waals surface area contributed by atoms with Crippen LogP contribution < -0.4 is 10.6 Å². The summed E-state index contributed by atoms with van der Waals surface area (Å²) in [5.74, 6) is -0.273. The first-order valence-corrected chi connectivity index (χ1v) is 17.1. The molecular weight excluding hydrogens is 651 g/mol. The van der Waals surface area contributed by atoms with E-state index in [2.05, 4.69) is 47.1 Å². The highest BCUT2D eigenvalue weighted by Gasteiger charge is 2.42. The van der Waals surface area contributed by atoms with Gasteiger partial charge in [0, 0.05) is 39.8 Å². The van der Waals surface area contributed by atoms with Gasteiger partial charge in [0.25, 0.3) is 0 Å². The lowest BCUT2D eigenvalue weighted by molar-refractivity contribution is -0.147. The summed E-state index contributed by atoms with van der Waals surface area (Å²) in [6.45, 7) is 14.6. The first kappa shape index (κ1) is 39.2. The molecule has 0 radical (unpaired) electrons. The van der Waals surface area contributed by atoms with Crippen LogP contribution >= 0.6 is 22.6 Å². The number of Topliss-reactive ketones (excluding diaryl/α,β-unsaturated/α-hetero) is 1.